The Labute approximate surface area is 164 Å². The molecule has 1 saturated heterocycles. The van der Waals surface area contributed by atoms with E-state index in [9.17, 15) is 14.4 Å². The van der Waals surface area contributed by atoms with Gasteiger partial charge in [0.05, 0.1) is 5.41 Å². The summed E-state index contributed by atoms with van der Waals surface area (Å²) in [5, 5.41) is 5.26. The lowest BCUT2D eigenvalue weighted by molar-refractivity contribution is -0.138. The summed E-state index contributed by atoms with van der Waals surface area (Å²) in [5.41, 5.74) is 0.752. The maximum atomic E-state index is 12.5. The molecule has 2 N–H and O–H groups in total. The third kappa shape index (κ3) is 4.06. The van der Waals surface area contributed by atoms with Gasteiger partial charge < -0.3 is 10.1 Å². The fourth-order valence-electron chi connectivity index (χ4n) is 3.44. The maximum Gasteiger partial charge on any atom is 0.265 e. The lowest BCUT2D eigenvalue weighted by atomic mass is 9.72. The first-order chi connectivity index (χ1) is 13.4. The lowest BCUT2D eigenvalue weighted by Crippen LogP contribution is -2.51. The number of ether oxygens (including phenoxy) is 1. The number of imide groups is 1. The van der Waals surface area contributed by atoms with Gasteiger partial charge in [0.25, 0.3) is 5.91 Å². The molecule has 2 atom stereocenters. The number of benzene rings is 2. The Balaban J connectivity index is 1.67. The quantitative estimate of drug-likeness (QED) is 0.754. The first kappa shape index (κ1) is 19.6. The second-order valence-electron chi connectivity index (χ2n) is 6.95. The van der Waals surface area contributed by atoms with Crippen LogP contribution in [0.4, 0.5) is 5.69 Å². The van der Waals surface area contributed by atoms with Crippen molar-refractivity contribution in [3.8, 4) is 5.75 Å². The number of anilines is 1. The van der Waals surface area contributed by atoms with Crippen LogP contribution in [0.5, 0.6) is 5.75 Å². The van der Waals surface area contributed by atoms with Crippen molar-refractivity contribution < 1.29 is 19.1 Å². The van der Waals surface area contributed by atoms with Gasteiger partial charge in [-0.2, -0.15) is 0 Å². The Hall–Kier alpha value is -3.15. The topological polar surface area (TPSA) is 84.5 Å². The fraction of sp³-hybridized carbons (Fsp3) is 0.318. The number of piperidine rings is 1. The predicted molar refractivity (Wildman–Crippen MR) is 106 cm³/mol. The van der Waals surface area contributed by atoms with Gasteiger partial charge in [-0.15, -0.1) is 0 Å². The summed E-state index contributed by atoms with van der Waals surface area (Å²) in [4.78, 5) is 36.3. The molecule has 146 valence electrons. The van der Waals surface area contributed by atoms with E-state index in [1.807, 2.05) is 37.3 Å². The van der Waals surface area contributed by atoms with Crippen LogP contribution in [-0.2, 0) is 19.8 Å². The molecule has 0 aliphatic carbocycles. The Kier molecular flexibility index (Phi) is 5.78. The zero-order chi connectivity index (χ0) is 20.1. The zero-order valence-electron chi connectivity index (χ0n) is 16.0. The Morgan fingerprint density at radius 2 is 1.82 bits per heavy atom. The van der Waals surface area contributed by atoms with Gasteiger partial charge in [0, 0.05) is 12.1 Å². The van der Waals surface area contributed by atoms with Crippen LogP contribution < -0.4 is 15.4 Å². The molecule has 1 fully saturated rings. The van der Waals surface area contributed by atoms with Crippen molar-refractivity contribution in [2.45, 2.75) is 44.6 Å². The molecule has 6 nitrogen and oxygen atoms in total. The molecular weight excluding hydrogens is 356 g/mol. The molecule has 2 unspecified atom stereocenters. The minimum absolute atomic E-state index is 0.231. The largest absolute Gasteiger partial charge is 0.481 e. The Morgan fingerprint density at radius 1 is 1.14 bits per heavy atom. The van der Waals surface area contributed by atoms with Crippen LogP contribution >= 0.6 is 0 Å². The van der Waals surface area contributed by atoms with Crippen LogP contribution in [0.15, 0.2) is 54.6 Å². The van der Waals surface area contributed by atoms with Gasteiger partial charge in [-0.3, -0.25) is 19.7 Å². The number of carbonyl (C=O) groups is 3. The minimum atomic E-state index is -0.708. The van der Waals surface area contributed by atoms with Crippen molar-refractivity contribution in [2.24, 2.45) is 0 Å². The van der Waals surface area contributed by atoms with E-state index >= 15 is 0 Å². The van der Waals surface area contributed by atoms with Crippen molar-refractivity contribution in [2.75, 3.05) is 5.32 Å². The number of para-hydroxylation sites is 1. The van der Waals surface area contributed by atoms with Crippen LogP contribution in [0.2, 0.25) is 0 Å². The Bertz CT molecular complexity index is 864. The molecule has 6 heteroatoms. The van der Waals surface area contributed by atoms with E-state index in [2.05, 4.69) is 10.6 Å². The van der Waals surface area contributed by atoms with Crippen molar-refractivity contribution in [3.63, 3.8) is 0 Å². The number of hydrogen-bond donors (Lipinski definition) is 2. The number of rotatable bonds is 6. The van der Waals surface area contributed by atoms with Crippen LogP contribution in [0.25, 0.3) is 0 Å². The standard InChI is InChI=1S/C22H24N2O4/c1-3-22(14-13-19(25)24-21(22)27)16-9-11-17(12-10-16)23-20(26)15(2)28-18-7-5-4-6-8-18/h4-12,15H,3,13-14H2,1-2H3,(H,23,26)(H,24,25,27). The van der Waals surface area contributed by atoms with Crippen molar-refractivity contribution >= 4 is 23.4 Å². The highest BCUT2D eigenvalue weighted by Crippen LogP contribution is 2.36. The van der Waals surface area contributed by atoms with E-state index in [4.69, 9.17) is 4.74 Å². The number of hydrogen-bond acceptors (Lipinski definition) is 4. The number of nitrogens with one attached hydrogen (secondary N) is 2. The van der Waals surface area contributed by atoms with Crippen LogP contribution in [0, 0.1) is 0 Å². The van der Waals surface area contributed by atoms with E-state index in [-0.39, 0.29) is 17.7 Å². The number of amides is 3. The third-order valence-corrected chi connectivity index (χ3v) is 5.20. The van der Waals surface area contributed by atoms with E-state index in [0.29, 0.717) is 30.7 Å². The van der Waals surface area contributed by atoms with Gasteiger partial charge in [0.2, 0.25) is 11.8 Å². The highest BCUT2D eigenvalue weighted by atomic mass is 16.5. The summed E-state index contributed by atoms with van der Waals surface area (Å²) in [6.45, 7) is 3.62. The Morgan fingerprint density at radius 3 is 2.43 bits per heavy atom. The van der Waals surface area contributed by atoms with Gasteiger partial charge in [0.15, 0.2) is 6.10 Å². The zero-order valence-corrected chi connectivity index (χ0v) is 16.0. The van der Waals surface area contributed by atoms with E-state index < -0.39 is 11.5 Å². The summed E-state index contributed by atoms with van der Waals surface area (Å²) in [5.74, 6) is -0.121. The second kappa shape index (κ2) is 8.25. The van der Waals surface area contributed by atoms with E-state index in [1.165, 1.54) is 0 Å². The molecule has 3 amide bonds. The van der Waals surface area contributed by atoms with Crippen molar-refractivity contribution in [3.05, 3.63) is 60.2 Å². The van der Waals surface area contributed by atoms with Gasteiger partial charge in [0.1, 0.15) is 5.75 Å². The predicted octanol–water partition coefficient (Wildman–Crippen LogP) is 3.18. The fourth-order valence-corrected chi connectivity index (χ4v) is 3.44. The molecular formula is C22H24N2O4. The molecule has 1 heterocycles. The summed E-state index contributed by atoms with van der Waals surface area (Å²) >= 11 is 0. The average molecular weight is 380 g/mol. The molecule has 0 saturated carbocycles. The maximum absolute atomic E-state index is 12.5. The highest BCUT2D eigenvalue weighted by Gasteiger charge is 2.42. The molecule has 0 bridgehead atoms. The monoisotopic (exact) mass is 380 g/mol. The van der Waals surface area contributed by atoms with Gasteiger partial charge in [-0.25, -0.2) is 0 Å². The molecule has 3 rings (SSSR count). The SMILES string of the molecule is CCC1(c2ccc(NC(=O)C(C)Oc3ccccc3)cc2)CCC(=O)NC1=O. The van der Waals surface area contributed by atoms with E-state index in [0.717, 1.165) is 5.56 Å². The first-order valence-electron chi connectivity index (χ1n) is 9.42. The molecule has 0 spiro atoms. The smallest absolute Gasteiger partial charge is 0.265 e. The molecule has 0 aromatic heterocycles. The normalized spacial score (nSPS) is 20.2. The summed E-state index contributed by atoms with van der Waals surface area (Å²) in [6.07, 6.45) is 0.757. The molecule has 0 radical (unpaired) electrons. The van der Waals surface area contributed by atoms with Crippen LogP contribution in [0.3, 0.4) is 0 Å². The minimum Gasteiger partial charge on any atom is -0.481 e. The van der Waals surface area contributed by atoms with Crippen LogP contribution in [0.1, 0.15) is 38.7 Å². The van der Waals surface area contributed by atoms with Crippen LogP contribution in [-0.4, -0.2) is 23.8 Å². The molecule has 2 aromatic carbocycles. The van der Waals surface area contributed by atoms with Gasteiger partial charge in [-0.05, 0) is 49.6 Å². The molecule has 2 aromatic rings. The van der Waals surface area contributed by atoms with Crippen molar-refractivity contribution in [1.29, 1.82) is 0 Å². The number of carbonyl (C=O) groups excluding carboxylic acids is 3. The lowest BCUT2D eigenvalue weighted by Gasteiger charge is -2.35. The molecule has 1 aliphatic rings. The summed E-state index contributed by atoms with van der Waals surface area (Å²) in [7, 11) is 0. The molecule has 28 heavy (non-hydrogen) atoms. The van der Waals surface area contributed by atoms with Gasteiger partial charge in [-0.1, -0.05) is 37.3 Å². The third-order valence-electron chi connectivity index (χ3n) is 5.20. The summed E-state index contributed by atoms with van der Waals surface area (Å²) < 4.78 is 5.63. The van der Waals surface area contributed by atoms with E-state index in [1.54, 1.807) is 31.2 Å². The molecule has 1 aliphatic heterocycles. The second-order valence-corrected chi connectivity index (χ2v) is 6.95. The van der Waals surface area contributed by atoms with Gasteiger partial charge >= 0.3 is 0 Å². The van der Waals surface area contributed by atoms with Crippen molar-refractivity contribution in [1.82, 2.24) is 5.32 Å². The first-order valence-corrected chi connectivity index (χ1v) is 9.42. The highest BCUT2D eigenvalue weighted by molar-refractivity contribution is 6.03. The average Bonchev–Trinajstić information content (AvgIpc) is 2.70. The summed E-state index contributed by atoms with van der Waals surface area (Å²) in [6, 6.07) is 16.4.